The molecule has 0 saturated heterocycles. The molecule has 1 saturated carbocycles. The Bertz CT molecular complexity index is 911. The van der Waals surface area contributed by atoms with Crippen molar-refractivity contribution in [2.45, 2.75) is 32.1 Å². The summed E-state index contributed by atoms with van der Waals surface area (Å²) in [4.78, 5) is 22.2. The Hall–Kier alpha value is -2.95. The van der Waals surface area contributed by atoms with Gasteiger partial charge in [-0.2, -0.15) is 0 Å². The zero-order valence-electron chi connectivity index (χ0n) is 15.6. The zero-order valence-corrected chi connectivity index (χ0v) is 15.6. The van der Waals surface area contributed by atoms with E-state index in [1.54, 1.807) is 7.11 Å². The van der Waals surface area contributed by atoms with Gasteiger partial charge in [-0.15, -0.1) is 0 Å². The number of para-hydroxylation sites is 2. The van der Waals surface area contributed by atoms with Crippen LogP contribution in [-0.2, 0) is 4.79 Å². The average Bonchev–Trinajstić information content (AvgIpc) is 3.54. The number of hydrogen-bond donors (Lipinski definition) is 1. The van der Waals surface area contributed by atoms with E-state index in [-0.39, 0.29) is 17.7 Å². The number of nitrogens with zero attached hydrogens (tertiary/aromatic N) is 2. The molecule has 1 N–H and O–H groups in total. The fraction of sp³-hybridized carbons (Fsp3) is 0.318. The molecule has 27 heavy (non-hydrogen) atoms. The van der Waals surface area contributed by atoms with Crippen molar-refractivity contribution in [2.24, 2.45) is 15.9 Å². The van der Waals surface area contributed by atoms with Gasteiger partial charge in [0.15, 0.2) is 0 Å². The van der Waals surface area contributed by atoms with Crippen LogP contribution < -0.4 is 10.1 Å². The lowest BCUT2D eigenvalue weighted by atomic mass is 9.91. The minimum atomic E-state index is -0.184. The van der Waals surface area contributed by atoms with E-state index in [2.05, 4.69) is 12.2 Å². The molecule has 0 spiro atoms. The molecule has 4 rings (SSSR count). The van der Waals surface area contributed by atoms with E-state index in [1.165, 1.54) is 0 Å². The number of benzene rings is 2. The van der Waals surface area contributed by atoms with Gasteiger partial charge in [0, 0.05) is 11.6 Å². The van der Waals surface area contributed by atoms with Crippen molar-refractivity contribution in [2.75, 3.05) is 7.11 Å². The molecule has 138 valence electrons. The molecule has 2 aliphatic rings. The number of carbonyl (C=O) groups is 1. The van der Waals surface area contributed by atoms with Gasteiger partial charge < -0.3 is 10.1 Å². The predicted molar refractivity (Wildman–Crippen MR) is 108 cm³/mol. The number of hydrogen-bond acceptors (Lipinski definition) is 4. The molecule has 1 aliphatic carbocycles. The first-order valence-corrected chi connectivity index (χ1v) is 9.39. The molecule has 0 radical (unpaired) electrons. The maximum absolute atomic E-state index is 12.5. The number of carbonyl (C=O) groups excluding carboxylic acids is 1. The highest BCUT2D eigenvalue weighted by Gasteiger charge is 2.34. The van der Waals surface area contributed by atoms with Gasteiger partial charge in [-0.1, -0.05) is 31.2 Å². The smallest absolute Gasteiger partial charge is 0.228 e. The number of amides is 1. The molecule has 1 aliphatic heterocycles. The first-order valence-electron chi connectivity index (χ1n) is 9.39. The van der Waals surface area contributed by atoms with Crippen LogP contribution in [0.3, 0.4) is 0 Å². The quantitative estimate of drug-likeness (QED) is 0.869. The number of ether oxygens (including phenoxy) is 1. The molecular formula is C22H23N3O2. The highest BCUT2D eigenvalue weighted by Crippen LogP contribution is 2.36. The largest absolute Gasteiger partial charge is 0.497 e. The van der Waals surface area contributed by atoms with Gasteiger partial charge in [0.1, 0.15) is 11.6 Å². The predicted octanol–water partition coefficient (Wildman–Crippen LogP) is 4.53. The summed E-state index contributed by atoms with van der Waals surface area (Å²) in [6, 6.07) is 15.7. The Labute approximate surface area is 159 Å². The van der Waals surface area contributed by atoms with Crippen molar-refractivity contribution >= 4 is 28.8 Å². The van der Waals surface area contributed by atoms with E-state index >= 15 is 0 Å². The van der Waals surface area contributed by atoms with E-state index in [4.69, 9.17) is 14.7 Å². The SMILES string of the molecule is CCC1=Nc2ccccc2N=C(NC(=O)C2CC2)[C@@H]1c1ccc(OC)cc1. The molecule has 0 unspecified atom stereocenters. The highest BCUT2D eigenvalue weighted by molar-refractivity contribution is 6.18. The number of rotatable bonds is 4. The van der Waals surface area contributed by atoms with Gasteiger partial charge in [0.2, 0.25) is 5.91 Å². The topological polar surface area (TPSA) is 63.0 Å². The van der Waals surface area contributed by atoms with Crippen molar-refractivity contribution in [3.05, 3.63) is 54.1 Å². The van der Waals surface area contributed by atoms with Gasteiger partial charge in [0.25, 0.3) is 0 Å². The van der Waals surface area contributed by atoms with Crippen LogP contribution in [0.2, 0.25) is 0 Å². The Morgan fingerprint density at radius 2 is 1.74 bits per heavy atom. The molecule has 1 fully saturated rings. The van der Waals surface area contributed by atoms with Crippen molar-refractivity contribution in [1.29, 1.82) is 0 Å². The number of fused-ring (bicyclic) bond motifs is 1. The standard InChI is InChI=1S/C22H23N3O2/c1-3-17-20(14-10-12-16(27-2)13-11-14)21(25-22(26)15-8-9-15)24-19-7-5-4-6-18(19)23-17/h4-7,10-13,15,20H,3,8-9H2,1-2H3,(H,24,25,26)/t20-/m1/s1. The van der Waals surface area contributed by atoms with E-state index in [0.717, 1.165) is 47.7 Å². The fourth-order valence-electron chi connectivity index (χ4n) is 3.33. The second-order valence-electron chi connectivity index (χ2n) is 6.91. The molecule has 1 atom stereocenters. The Morgan fingerprint density at radius 1 is 1.07 bits per heavy atom. The van der Waals surface area contributed by atoms with Crippen molar-refractivity contribution in [3.63, 3.8) is 0 Å². The maximum atomic E-state index is 12.5. The number of methoxy groups -OCH3 is 1. The van der Waals surface area contributed by atoms with E-state index in [0.29, 0.717) is 5.84 Å². The maximum Gasteiger partial charge on any atom is 0.228 e. The summed E-state index contributed by atoms with van der Waals surface area (Å²) >= 11 is 0. The Kier molecular flexibility index (Phi) is 4.75. The van der Waals surface area contributed by atoms with Crippen LogP contribution in [0.25, 0.3) is 0 Å². The van der Waals surface area contributed by atoms with Crippen LogP contribution in [0.1, 0.15) is 37.7 Å². The lowest BCUT2D eigenvalue weighted by molar-refractivity contribution is -0.120. The first kappa shape index (κ1) is 17.5. The Morgan fingerprint density at radius 3 is 2.33 bits per heavy atom. The fourth-order valence-corrected chi connectivity index (χ4v) is 3.33. The third kappa shape index (κ3) is 3.63. The summed E-state index contributed by atoms with van der Waals surface area (Å²) in [7, 11) is 1.65. The second-order valence-corrected chi connectivity index (χ2v) is 6.91. The summed E-state index contributed by atoms with van der Waals surface area (Å²) in [5.41, 5.74) is 3.65. The van der Waals surface area contributed by atoms with Crippen molar-refractivity contribution < 1.29 is 9.53 Å². The van der Waals surface area contributed by atoms with E-state index in [1.807, 2.05) is 48.5 Å². The normalized spacial score (nSPS) is 18.7. The average molecular weight is 361 g/mol. The number of aliphatic imine (C=N–C) groups is 2. The third-order valence-corrected chi connectivity index (χ3v) is 5.00. The summed E-state index contributed by atoms with van der Waals surface area (Å²) in [5, 5.41) is 3.10. The van der Waals surface area contributed by atoms with Gasteiger partial charge in [0.05, 0.1) is 24.4 Å². The van der Waals surface area contributed by atoms with Crippen LogP contribution >= 0.6 is 0 Å². The van der Waals surface area contributed by atoms with Gasteiger partial charge >= 0.3 is 0 Å². The minimum Gasteiger partial charge on any atom is -0.497 e. The lowest BCUT2D eigenvalue weighted by Gasteiger charge is -2.21. The van der Waals surface area contributed by atoms with E-state index in [9.17, 15) is 4.79 Å². The van der Waals surface area contributed by atoms with Crippen LogP contribution in [0.15, 0.2) is 58.5 Å². The van der Waals surface area contributed by atoms with Gasteiger partial charge in [-0.3, -0.25) is 9.79 Å². The third-order valence-electron chi connectivity index (χ3n) is 5.00. The molecule has 5 heteroatoms. The molecule has 2 aromatic rings. The summed E-state index contributed by atoms with van der Waals surface area (Å²) < 4.78 is 5.29. The Balaban J connectivity index is 1.81. The number of amidine groups is 1. The molecule has 0 bridgehead atoms. The molecule has 0 aromatic heterocycles. The van der Waals surface area contributed by atoms with Crippen LogP contribution in [0, 0.1) is 5.92 Å². The minimum absolute atomic E-state index is 0.0575. The molecular weight excluding hydrogens is 338 g/mol. The molecule has 2 aromatic carbocycles. The van der Waals surface area contributed by atoms with Crippen LogP contribution in [0.4, 0.5) is 11.4 Å². The molecule has 5 nitrogen and oxygen atoms in total. The summed E-state index contributed by atoms with van der Waals surface area (Å²) in [5.74, 6) is 1.44. The second kappa shape index (κ2) is 7.35. The van der Waals surface area contributed by atoms with Gasteiger partial charge in [-0.05, 0) is 49.1 Å². The van der Waals surface area contributed by atoms with Crippen molar-refractivity contribution in [1.82, 2.24) is 5.32 Å². The van der Waals surface area contributed by atoms with Crippen molar-refractivity contribution in [3.8, 4) is 5.75 Å². The monoisotopic (exact) mass is 361 g/mol. The first-order chi connectivity index (χ1) is 13.2. The molecule has 1 heterocycles. The lowest BCUT2D eigenvalue weighted by Crippen LogP contribution is -2.38. The van der Waals surface area contributed by atoms with E-state index < -0.39 is 0 Å². The molecule has 1 amide bonds. The van der Waals surface area contributed by atoms with Crippen LogP contribution in [-0.4, -0.2) is 24.6 Å². The summed E-state index contributed by atoms with van der Waals surface area (Å²) in [6.45, 7) is 2.09. The highest BCUT2D eigenvalue weighted by atomic mass is 16.5. The summed E-state index contributed by atoms with van der Waals surface area (Å²) in [6.07, 6.45) is 2.68. The van der Waals surface area contributed by atoms with Crippen LogP contribution in [0.5, 0.6) is 5.75 Å². The number of nitrogens with one attached hydrogen (secondary N) is 1. The van der Waals surface area contributed by atoms with Gasteiger partial charge in [-0.25, -0.2) is 4.99 Å². The zero-order chi connectivity index (χ0) is 18.8.